The smallest absolute Gasteiger partial charge is 0.329 e. The summed E-state index contributed by atoms with van der Waals surface area (Å²) in [7, 11) is 1.44. The molecule has 0 unspecified atom stereocenters. The molecule has 0 fully saturated rings. The fourth-order valence-corrected chi connectivity index (χ4v) is 1.78. The first-order valence-corrected chi connectivity index (χ1v) is 6.15. The summed E-state index contributed by atoms with van der Waals surface area (Å²) in [5.74, 6) is 0.573. The van der Waals surface area contributed by atoms with Gasteiger partial charge < -0.3 is 9.47 Å². The van der Waals surface area contributed by atoms with Crippen molar-refractivity contribution >= 4 is 23.2 Å². The van der Waals surface area contributed by atoms with E-state index in [2.05, 4.69) is 15.0 Å². The Balaban J connectivity index is 2.33. The maximum atomic E-state index is 6.09. The van der Waals surface area contributed by atoms with Gasteiger partial charge in [0.1, 0.15) is 5.75 Å². The van der Waals surface area contributed by atoms with Gasteiger partial charge in [0.25, 0.3) is 0 Å². The third-order valence-corrected chi connectivity index (χ3v) is 3.13. The number of ether oxygens (including phenoxy) is 2. The Bertz CT molecular complexity index is 597. The molecule has 2 rings (SSSR count). The molecule has 5 nitrogen and oxygen atoms in total. The molecule has 0 saturated heterocycles. The highest BCUT2D eigenvalue weighted by Gasteiger charge is 2.09. The number of aryl methyl sites for hydroxylation is 2. The van der Waals surface area contributed by atoms with Crippen molar-refractivity contribution in [3.63, 3.8) is 0 Å². The lowest BCUT2D eigenvalue weighted by molar-refractivity contribution is 0.359. The molecule has 0 N–H and O–H groups in total. The quantitative estimate of drug-likeness (QED) is 0.867. The van der Waals surface area contributed by atoms with Crippen molar-refractivity contribution < 1.29 is 9.47 Å². The lowest BCUT2D eigenvalue weighted by atomic mass is 10.1. The van der Waals surface area contributed by atoms with E-state index in [1.807, 2.05) is 13.8 Å². The molecule has 1 heterocycles. The Morgan fingerprint density at radius 2 is 1.53 bits per heavy atom. The Morgan fingerprint density at radius 3 is 2.11 bits per heavy atom. The van der Waals surface area contributed by atoms with Crippen molar-refractivity contribution in [2.75, 3.05) is 7.11 Å². The molecule has 0 spiro atoms. The predicted octanol–water partition coefficient (Wildman–Crippen LogP) is 3.60. The molecule has 0 radical (unpaired) electrons. The first kappa shape index (κ1) is 13.8. The SMILES string of the molecule is COc1nc(Cl)nc(Oc2cc(C)c(Cl)c(C)c2)n1. The summed E-state index contributed by atoms with van der Waals surface area (Å²) >= 11 is 11.8. The van der Waals surface area contributed by atoms with Gasteiger partial charge in [-0.2, -0.15) is 9.97 Å². The minimum atomic E-state index is 0.00394. The molecular formula is C12H11Cl2N3O2. The van der Waals surface area contributed by atoms with E-state index in [-0.39, 0.29) is 17.3 Å². The maximum Gasteiger partial charge on any atom is 0.329 e. The third kappa shape index (κ3) is 3.24. The van der Waals surface area contributed by atoms with Gasteiger partial charge in [0.05, 0.1) is 7.11 Å². The van der Waals surface area contributed by atoms with Gasteiger partial charge in [-0.3, -0.25) is 0 Å². The third-order valence-electron chi connectivity index (χ3n) is 2.37. The molecular weight excluding hydrogens is 289 g/mol. The van der Waals surface area contributed by atoms with Gasteiger partial charge in [-0.05, 0) is 48.7 Å². The van der Waals surface area contributed by atoms with Gasteiger partial charge in [-0.25, -0.2) is 0 Å². The van der Waals surface area contributed by atoms with Crippen LogP contribution in [0.15, 0.2) is 12.1 Å². The summed E-state index contributed by atoms with van der Waals surface area (Å²) in [6, 6.07) is 3.74. The predicted molar refractivity (Wildman–Crippen MR) is 72.4 cm³/mol. The number of nitrogens with zero attached hydrogens (tertiary/aromatic N) is 3. The number of aromatic nitrogens is 3. The van der Waals surface area contributed by atoms with E-state index in [0.717, 1.165) is 11.1 Å². The van der Waals surface area contributed by atoms with Crippen LogP contribution in [0.3, 0.4) is 0 Å². The second-order valence-corrected chi connectivity index (χ2v) is 4.56. The zero-order valence-electron chi connectivity index (χ0n) is 10.6. The molecule has 0 amide bonds. The molecule has 1 aromatic heterocycles. The fourth-order valence-electron chi connectivity index (χ4n) is 1.52. The van der Waals surface area contributed by atoms with Gasteiger partial charge in [-0.1, -0.05) is 11.6 Å². The summed E-state index contributed by atoms with van der Waals surface area (Å²) in [5, 5.41) is 0.711. The molecule has 0 aliphatic rings. The number of methoxy groups -OCH3 is 1. The van der Waals surface area contributed by atoms with Crippen LogP contribution < -0.4 is 9.47 Å². The minimum absolute atomic E-state index is 0.00394. The van der Waals surface area contributed by atoms with Crippen molar-refractivity contribution in [2.45, 2.75) is 13.8 Å². The van der Waals surface area contributed by atoms with E-state index in [1.54, 1.807) is 12.1 Å². The minimum Gasteiger partial charge on any atom is -0.467 e. The van der Waals surface area contributed by atoms with Crippen LogP contribution in [0.1, 0.15) is 11.1 Å². The summed E-state index contributed by atoms with van der Waals surface area (Å²) in [6.45, 7) is 3.78. The van der Waals surface area contributed by atoms with Gasteiger partial charge in [0.15, 0.2) is 0 Å². The van der Waals surface area contributed by atoms with E-state index in [9.17, 15) is 0 Å². The molecule has 0 saturated carbocycles. The monoisotopic (exact) mass is 299 g/mol. The highest BCUT2D eigenvalue weighted by atomic mass is 35.5. The van der Waals surface area contributed by atoms with Crippen LogP contribution >= 0.6 is 23.2 Å². The van der Waals surface area contributed by atoms with Gasteiger partial charge in [-0.15, -0.1) is 4.98 Å². The van der Waals surface area contributed by atoms with Gasteiger partial charge >= 0.3 is 12.0 Å². The Hall–Kier alpha value is -1.59. The van der Waals surface area contributed by atoms with Crippen LogP contribution in [0.5, 0.6) is 17.8 Å². The van der Waals surface area contributed by atoms with Crippen molar-refractivity contribution in [1.82, 2.24) is 15.0 Å². The highest BCUT2D eigenvalue weighted by molar-refractivity contribution is 6.32. The average Bonchev–Trinajstić information content (AvgIpc) is 2.35. The maximum absolute atomic E-state index is 6.09. The molecule has 0 atom stereocenters. The first-order chi connectivity index (χ1) is 8.99. The Morgan fingerprint density at radius 1 is 0.947 bits per heavy atom. The number of hydrogen-bond donors (Lipinski definition) is 0. The highest BCUT2D eigenvalue weighted by Crippen LogP contribution is 2.28. The topological polar surface area (TPSA) is 57.1 Å². The van der Waals surface area contributed by atoms with Crippen LogP contribution in [0.25, 0.3) is 0 Å². The molecule has 0 aliphatic heterocycles. The molecule has 7 heteroatoms. The number of hydrogen-bond acceptors (Lipinski definition) is 5. The summed E-state index contributed by atoms with van der Waals surface area (Å²) in [6.07, 6.45) is 0. The number of rotatable bonds is 3. The normalized spacial score (nSPS) is 10.4. The first-order valence-electron chi connectivity index (χ1n) is 5.39. The molecule has 100 valence electrons. The number of benzene rings is 1. The number of halogens is 2. The zero-order valence-corrected chi connectivity index (χ0v) is 12.1. The molecule has 1 aromatic carbocycles. The van der Waals surface area contributed by atoms with Crippen molar-refractivity contribution in [3.05, 3.63) is 33.6 Å². The van der Waals surface area contributed by atoms with E-state index in [4.69, 9.17) is 32.7 Å². The van der Waals surface area contributed by atoms with E-state index >= 15 is 0 Å². The summed E-state index contributed by atoms with van der Waals surface area (Å²) in [4.78, 5) is 11.6. The van der Waals surface area contributed by atoms with Crippen LogP contribution in [-0.4, -0.2) is 22.1 Å². The van der Waals surface area contributed by atoms with Crippen LogP contribution in [0.4, 0.5) is 0 Å². The van der Waals surface area contributed by atoms with Crippen LogP contribution in [0.2, 0.25) is 10.3 Å². The van der Waals surface area contributed by atoms with Crippen LogP contribution in [-0.2, 0) is 0 Å². The lowest BCUT2D eigenvalue weighted by Gasteiger charge is -2.08. The largest absolute Gasteiger partial charge is 0.467 e. The molecule has 0 aliphatic carbocycles. The van der Waals surface area contributed by atoms with Gasteiger partial charge in [0.2, 0.25) is 5.28 Å². The van der Waals surface area contributed by atoms with Crippen molar-refractivity contribution in [1.29, 1.82) is 0 Å². The van der Waals surface area contributed by atoms with Crippen molar-refractivity contribution in [3.8, 4) is 17.8 Å². The second-order valence-electron chi connectivity index (χ2n) is 3.85. The molecule has 19 heavy (non-hydrogen) atoms. The summed E-state index contributed by atoms with van der Waals surface area (Å²) < 4.78 is 10.4. The zero-order chi connectivity index (χ0) is 14.0. The van der Waals surface area contributed by atoms with E-state index in [0.29, 0.717) is 10.8 Å². The molecule has 0 bridgehead atoms. The second kappa shape index (κ2) is 5.59. The van der Waals surface area contributed by atoms with E-state index < -0.39 is 0 Å². The van der Waals surface area contributed by atoms with Crippen molar-refractivity contribution in [2.24, 2.45) is 0 Å². The van der Waals surface area contributed by atoms with Gasteiger partial charge in [0, 0.05) is 5.02 Å². The molecule has 2 aromatic rings. The van der Waals surface area contributed by atoms with E-state index in [1.165, 1.54) is 7.11 Å². The average molecular weight is 300 g/mol. The Labute approximate surface area is 120 Å². The standard InChI is InChI=1S/C12H11Cl2N3O2/c1-6-4-8(5-7(2)9(6)13)19-12-16-10(14)15-11(17-12)18-3/h4-5H,1-3H3. The van der Waals surface area contributed by atoms with Crippen LogP contribution in [0, 0.1) is 13.8 Å². The lowest BCUT2D eigenvalue weighted by Crippen LogP contribution is -1.99. The summed E-state index contributed by atoms with van der Waals surface area (Å²) in [5.41, 5.74) is 1.81. The fraction of sp³-hybridized carbons (Fsp3) is 0.250. The Kier molecular flexibility index (Phi) is 4.07.